The van der Waals surface area contributed by atoms with E-state index < -0.39 is 6.67 Å². The normalized spacial score (nSPS) is 9.86. The summed E-state index contributed by atoms with van der Waals surface area (Å²) in [4.78, 5) is 0.143. The largest absolute Gasteiger partial charge is 0.490 e. The summed E-state index contributed by atoms with van der Waals surface area (Å²) in [6.07, 6.45) is 0. The van der Waals surface area contributed by atoms with Crippen LogP contribution in [0.15, 0.2) is 18.2 Å². The van der Waals surface area contributed by atoms with E-state index in [0.717, 1.165) is 0 Å². The van der Waals surface area contributed by atoms with Crippen molar-refractivity contribution >= 4 is 28.8 Å². The van der Waals surface area contributed by atoms with E-state index >= 15 is 0 Å². The fourth-order valence-corrected chi connectivity index (χ4v) is 1.55. The van der Waals surface area contributed by atoms with Crippen LogP contribution in [0.5, 0.6) is 5.75 Å². The summed E-state index contributed by atoms with van der Waals surface area (Å²) in [7, 11) is 0. The number of nitrogens with two attached hydrogens (primary N) is 1. The van der Waals surface area contributed by atoms with Gasteiger partial charge in [0.25, 0.3) is 0 Å². The van der Waals surface area contributed by atoms with Crippen LogP contribution in [0.1, 0.15) is 5.56 Å². The molecule has 0 amide bonds. The van der Waals surface area contributed by atoms with Crippen LogP contribution in [-0.4, -0.2) is 18.3 Å². The molecule has 0 aliphatic rings. The maximum Gasteiger partial charge on any atom is 0.131 e. The molecule has 0 spiro atoms. The maximum atomic E-state index is 11.9. The fourth-order valence-electron chi connectivity index (χ4n) is 1.01. The van der Waals surface area contributed by atoms with E-state index in [4.69, 9.17) is 34.3 Å². The van der Waals surface area contributed by atoms with E-state index in [9.17, 15) is 4.39 Å². The smallest absolute Gasteiger partial charge is 0.131 e. The Balaban J connectivity index is 3.02. The van der Waals surface area contributed by atoms with Crippen molar-refractivity contribution in [2.45, 2.75) is 0 Å². The number of hydrogen-bond acceptors (Lipinski definition) is 2. The summed E-state index contributed by atoms with van der Waals surface area (Å²) < 4.78 is 17.0. The van der Waals surface area contributed by atoms with Crippen molar-refractivity contribution in [3.63, 3.8) is 0 Å². The van der Waals surface area contributed by atoms with Gasteiger partial charge in [-0.3, -0.25) is 0 Å². The predicted octanol–water partition coefficient (Wildman–Crippen LogP) is 2.32. The molecule has 0 atom stereocenters. The average Bonchev–Trinajstić information content (AvgIpc) is 2.14. The molecule has 1 rings (SSSR count). The Bertz CT molecular complexity index is 346. The lowest BCUT2D eigenvalue weighted by Crippen LogP contribution is -2.13. The molecule has 0 bridgehead atoms. The monoisotopic (exact) mass is 233 g/mol. The highest BCUT2D eigenvalue weighted by Gasteiger charge is 2.10. The van der Waals surface area contributed by atoms with Crippen LogP contribution in [0.3, 0.4) is 0 Å². The number of thiocarbonyl (C=S) groups is 1. The van der Waals surface area contributed by atoms with Crippen LogP contribution in [0.2, 0.25) is 5.02 Å². The third kappa shape index (κ3) is 2.56. The van der Waals surface area contributed by atoms with E-state index in [0.29, 0.717) is 16.3 Å². The van der Waals surface area contributed by atoms with E-state index in [1.807, 2.05) is 0 Å². The van der Waals surface area contributed by atoms with Crippen molar-refractivity contribution in [3.8, 4) is 5.75 Å². The first kappa shape index (κ1) is 11.2. The van der Waals surface area contributed by atoms with Gasteiger partial charge in [0.2, 0.25) is 0 Å². The zero-order valence-corrected chi connectivity index (χ0v) is 8.87. The molecule has 0 fully saturated rings. The Morgan fingerprint density at radius 3 is 2.86 bits per heavy atom. The number of benzene rings is 1. The molecule has 5 heteroatoms. The number of hydrogen-bond donors (Lipinski definition) is 1. The molecular formula is C9H9ClFNOS. The standard InChI is InChI=1S/C9H9ClFNOS/c10-6-2-1-3-7(13-5-4-11)8(6)9(12)14/h1-3H,4-5H2,(H2,12,14). The van der Waals surface area contributed by atoms with Crippen molar-refractivity contribution in [3.05, 3.63) is 28.8 Å². The van der Waals surface area contributed by atoms with Crippen LogP contribution < -0.4 is 10.5 Å². The van der Waals surface area contributed by atoms with Gasteiger partial charge in [-0.25, -0.2) is 4.39 Å². The number of halogens is 2. The molecule has 1 aromatic rings. The first-order valence-electron chi connectivity index (χ1n) is 3.94. The number of ether oxygens (including phenoxy) is 1. The highest BCUT2D eigenvalue weighted by atomic mass is 35.5. The Labute approximate surface area is 91.8 Å². The molecule has 2 N–H and O–H groups in total. The molecule has 0 unspecified atom stereocenters. The molecular weight excluding hydrogens is 225 g/mol. The fraction of sp³-hybridized carbons (Fsp3) is 0.222. The Morgan fingerprint density at radius 2 is 2.29 bits per heavy atom. The Morgan fingerprint density at radius 1 is 1.57 bits per heavy atom. The van der Waals surface area contributed by atoms with Gasteiger partial charge in [-0.1, -0.05) is 29.9 Å². The molecule has 14 heavy (non-hydrogen) atoms. The van der Waals surface area contributed by atoms with Crippen molar-refractivity contribution in [2.75, 3.05) is 13.3 Å². The van der Waals surface area contributed by atoms with Gasteiger partial charge in [0.1, 0.15) is 24.0 Å². The van der Waals surface area contributed by atoms with Gasteiger partial charge in [0, 0.05) is 0 Å². The van der Waals surface area contributed by atoms with E-state index in [1.165, 1.54) is 0 Å². The van der Waals surface area contributed by atoms with Crippen molar-refractivity contribution in [1.29, 1.82) is 0 Å². The Hall–Kier alpha value is -0.870. The summed E-state index contributed by atoms with van der Waals surface area (Å²) in [6.45, 7) is -0.598. The van der Waals surface area contributed by atoms with Gasteiger partial charge < -0.3 is 10.5 Å². The summed E-state index contributed by atoms with van der Waals surface area (Å²) in [6, 6.07) is 4.99. The minimum absolute atomic E-state index is 0.0318. The van der Waals surface area contributed by atoms with E-state index in [-0.39, 0.29) is 11.6 Å². The average molecular weight is 234 g/mol. The molecule has 0 aliphatic heterocycles. The molecule has 0 aromatic heterocycles. The van der Waals surface area contributed by atoms with Crippen LogP contribution >= 0.6 is 23.8 Å². The van der Waals surface area contributed by atoms with Crippen molar-refractivity contribution < 1.29 is 9.13 Å². The molecule has 0 saturated carbocycles. The summed E-state index contributed by atoms with van der Waals surface area (Å²) in [5.41, 5.74) is 5.92. The van der Waals surface area contributed by atoms with Gasteiger partial charge in [0.05, 0.1) is 10.6 Å². The molecule has 0 aliphatic carbocycles. The number of rotatable bonds is 4. The Kier molecular flexibility index (Phi) is 4.10. The summed E-state index contributed by atoms with van der Waals surface area (Å²) >= 11 is 10.7. The van der Waals surface area contributed by atoms with Gasteiger partial charge in [-0.2, -0.15) is 0 Å². The lowest BCUT2D eigenvalue weighted by Gasteiger charge is -2.10. The van der Waals surface area contributed by atoms with Crippen molar-refractivity contribution in [2.24, 2.45) is 5.73 Å². The lowest BCUT2D eigenvalue weighted by atomic mass is 10.2. The second-order valence-electron chi connectivity index (χ2n) is 2.51. The second-order valence-corrected chi connectivity index (χ2v) is 3.36. The zero-order valence-electron chi connectivity index (χ0n) is 7.30. The summed E-state index contributed by atoms with van der Waals surface area (Å²) in [5.74, 6) is 0.419. The van der Waals surface area contributed by atoms with Crippen LogP contribution in [0.25, 0.3) is 0 Å². The number of alkyl halides is 1. The van der Waals surface area contributed by atoms with Crippen molar-refractivity contribution in [1.82, 2.24) is 0 Å². The topological polar surface area (TPSA) is 35.2 Å². The quantitative estimate of drug-likeness (QED) is 0.811. The molecule has 0 heterocycles. The highest BCUT2D eigenvalue weighted by Crippen LogP contribution is 2.26. The van der Waals surface area contributed by atoms with Crippen LogP contribution in [-0.2, 0) is 0 Å². The minimum atomic E-state index is -0.566. The van der Waals surface area contributed by atoms with Gasteiger partial charge in [-0.15, -0.1) is 0 Å². The van der Waals surface area contributed by atoms with Gasteiger partial charge >= 0.3 is 0 Å². The molecule has 0 saturated heterocycles. The maximum absolute atomic E-state index is 11.9. The third-order valence-electron chi connectivity index (χ3n) is 1.56. The first-order valence-corrected chi connectivity index (χ1v) is 4.72. The minimum Gasteiger partial charge on any atom is -0.490 e. The first-order chi connectivity index (χ1) is 6.66. The summed E-state index contributed by atoms with van der Waals surface area (Å²) in [5, 5.41) is 0.411. The van der Waals surface area contributed by atoms with Crippen LogP contribution in [0, 0.1) is 0 Å². The molecule has 76 valence electrons. The third-order valence-corrected chi connectivity index (χ3v) is 2.08. The van der Waals surface area contributed by atoms with Gasteiger partial charge in [0.15, 0.2) is 0 Å². The molecule has 1 aromatic carbocycles. The molecule has 2 nitrogen and oxygen atoms in total. The predicted molar refractivity (Wildman–Crippen MR) is 58.8 cm³/mol. The lowest BCUT2D eigenvalue weighted by molar-refractivity contribution is 0.273. The van der Waals surface area contributed by atoms with E-state index in [1.54, 1.807) is 18.2 Å². The highest BCUT2D eigenvalue weighted by molar-refractivity contribution is 7.80. The van der Waals surface area contributed by atoms with Gasteiger partial charge in [-0.05, 0) is 12.1 Å². The second kappa shape index (κ2) is 5.12. The SMILES string of the molecule is NC(=S)c1c(Cl)cccc1OCCF. The molecule has 0 radical (unpaired) electrons. The van der Waals surface area contributed by atoms with E-state index in [2.05, 4.69) is 0 Å². The zero-order chi connectivity index (χ0) is 10.6. The van der Waals surface area contributed by atoms with Crippen LogP contribution in [0.4, 0.5) is 4.39 Å².